The topological polar surface area (TPSA) is 71.4 Å². The number of rotatable bonds is 7. The maximum Gasteiger partial charge on any atom is 0.256 e. The number of likely N-dealkylation sites (N-methyl/N-ethyl adjacent to an activating group) is 1. The Morgan fingerprint density at radius 1 is 1.00 bits per heavy atom. The Morgan fingerprint density at radius 2 is 1.53 bits per heavy atom. The highest BCUT2D eigenvalue weighted by Gasteiger charge is 2.30. The summed E-state index contributed by atoms with van der Waals surface area (Å²) < 4.78 is 1.40. The highest BCUT2D eigenvalue weighted by atomic mass is 16.2. The van der Waals surface area contributed by atoms with Crippen molar-refractivity contribution < 1.29 is 9.59 Å². The smallest absolute Gasteiger partial charge is 0.256 e. The molecule has 0 unspecified atom stereocenters. The van der Waals surface area contributed by atoms with E-state index in [1.807, 2.05) is 60.7 Å². The summed E-state index contributed by atoms with van der Waals surface area (Å²) in [6.07, 6.45) is 1.53. The van der Waals surface area contributed by atoms with E-state index in [-0.39, 0.29) is 23.3 Å². The molecule has 2 aromatic carbocycles. The SMILES string of the molecule is CNC(=O)[C@@H](C)N(CC(c1ccccc1)c1ccccc1)C(=O)c1cc(C)c(=O)n(C)c1. The van der Waals surface area contributed by atoms with E-state index in [9.17, 15) is 14.4 Å². The van der Waals surface area contributed by atoms with E-state index >= 15 is 0 Å². The van der Waals surface area contributed by atoms with Crippen molar-refractivity contribution >= 4 is 11.8 Å². The third kappa shape index (κ3) is 4.97. The first-order valence-corrected chi connectivity index (χ1v) is 10.6. The molecule has 0 spiro atoms. The van der Waals surface area contributed by atoms with Crippen LogP contribution in [-0.2, 0) is 11.8 Å². The fourth-order valence-corrected chi connectivity index (χ4v) is 3.90. The summed E-state index contributed by atoms with van der Waals surface area (Å²) in [4.78, 5) is 39.9. The average molecular weight is 432 g/mol. The number of benzene rings is 2. The van der Waals surface area contributed by atoms with Crippen LogP contribution in [0.5, 0.6) is 0 Å². The molecule has 1 aromatic heterocycles. The minimum absolute atomic E-state index is 0.123. The fourth-order valence-electron chi connectivity index (χ4n) is 3.90. The molecule has 0 aliphatic rings. The van der Waals surface area contributed by atoms with Gasteiger partial charge in [-0.25, -0.2) is 0 Å². The predicted molar refractivity (Wildman–Crippen MR) is 126 cm³/mol. The van der Waals surface area contributed by atoms with Gasteiger partial charge in [0.2, 0.25) is 5.91 Å². The molecule has 0 radical (unpaired) electrons. The molecule has 0 fully saturated rings. The Bertz CT molecular complexity index is 1070. The highest BCUT2D eigenvalue weighted by molar-refractivity contribution is 5.97. The number of aromatic nitrogens is 1. The van der Waals surface area contributed by atoms with E-state index in [1.54, 1.807) is 38.9 Å². The molecule has 0 bridgehead atoms. The Balaban J connectivity index is 2.07. The molecule has 32 heavy (non-hydrogen) atoms. The van der Waals surface area contributed by atoms with Gasteiger partial charge in [-0.3, -0.25) is 14.4 Å². The van der Waals surface area contributed by atoms with Crippen LogP contribution in [0.2, 0.25) is 0 Å². The lowest BCUT2D eigenvalue weighted by atomic mass is 9.90. The Hall–Kier alpha value is -3.67. The quantitative estimate of drug-likeness (QED) is 0.625. The summed E-state index contributed by atoms with van der Waals surface area (Å²) in [5.41, 5.74) is 2.81. The summed E-state index contributed by atoms with van der Waals surface area (Å²) >= 11 is 0. The van der Waals surface area contributed by atoms with E-state index in [0.717, 1.165) is 11.1 Å². The van der Waals surface area contributed by atoms with Crippen molar-refractivity contribution in [1.82, 2.24) is 14.8 Å². The molecule has 6 heteroatoms. The summed E-state index contributed by atoms with van der Waals surface area (Å²) in [7, 11) is 3.18. The Morgan fingerprint density at radius 3 is 2.00 bits per heavy atom. The van der Waals surface area contributed by atoms with Crippen LogP contribution in [-0.4, -0.2) is 40.9 Å². The van der Waals surface area contributed by atoms with E-state index < -0.39 is 6.04 Å². The van der Waals surface area contributed by atoms with Crippen molar-refractivity contribution in [2.45, 2.75) is 25.8 Å². The molecular formula is C26H29N3O3. The second-order valence-electron chi connectivity index (χ2n) is 7.95. The Labute approximate surface area is 188 Å². The summed E-state index contributed by atoms with van der Waals surface area (Å²) in [6.45, 7) is 3.71. The van der Waals surface area contributed by atoms with Crippen molar-refractivity contribution in [2.75, 3.05) is 13.6 Å². The molecule has 1 heterocycles. The lowest BCUT2D eigenvalue weighted by Gasteiger charge is -2.32. The van der Waals surface area contributed by atoms with Gasteiger partial charge < -0.3 is 14.8 Å². The zero-order valence-electron chi connectivity index (χ0n) is 18.9. The van der Waals surface area contributed by atoms with Gasteiger partial charge in [0.05, 0.1) is 5.56 Å². The molecule has 2 amide bonds. The lowest BCUT2D eigenvalue weighted by Crippen LogP contribution is -2.49. The monoisotopic (exact) mass is 431 g/mol. The van der Waals surface area contributed by atoms with E-state index in [0.29, 0.717) is 17.7 Å². The van der Waals surface area contributed by atoms with Crippen molar-refractivity contribution in [3.63, 3.8) is 0 Å². The number of nitrogens with zero attached hydrogens (tertiary/aromatic N) is 2. The van der Waals surface area contributed by atoms with Crippen molar-refractivity contribution in [1.29, 1.82) is 0 Å². The van der Waals surface area contributed by atoms with E-state index in [4.69, 9.17) is 0 Å². The number of hydrogen-bond donors (Lipinski definition) is 1. The summed E-state index contributed by atoms with van der Waals surface area (Å²) in [6, 6.07) is 20.8. The molecule has 1 atom stereocenters. The first kappa shape index (κ1) is 23.0. The van der Waals surface area contributed by atoms with Crippen LogP contribution in [0.3, 0.4) is 0 Å². The standard InChI is InChI=1S/C26H29N3O3/c1-18-15-22(16-28(4)25(18)31)26(32)29(19(2)24(30)27-3)17-23(20-11-7-5-8-12-20)21-13-9-6-10-14-21/h5-16,19,23H,17H2,1-4H3,(H,27,30)/t19-/m1/s1. The van der Waals surface area contributed by atoms with Gasteiger partial charge in [0.25, 0.3) is 11.5 Å². The van der Waals surface area contributed by atoms with Crippen LogP contribution in [0.25, 0.3) is 0 Å². The van der Waals surface area contributed by atoms with Crippen LogP contribution in [0.1, 0.15) is 39.9 Å². The summed E-state index contributed by atoms with van der Waals surface area (Å²) in [5.74, 6) is -0.668. The largest absolute Gasteiger partial charge is 0.357 e. The molecule has 6 nitrogen and oxygen atoms in total. The fraction of sp³-hybridized carbons (Fsp3) is 0.269. The van der Waals surface area contributed by atoms with Crippen molar-refractivity contribution in [3.05, 3.63) is 106 Å². The predicted octanol–water partition coefficient (Wildman–Crippen LogP) is 3.10. The second-order valence-corrected chi connectivity index (χ2v) is 7.95. The number of nitrogens with one attached hydrogen (secondary N) is 1. The first-order valence-electron chi connectivity index (χ1n) is 10.6. The Kier molecular flexibility index (Phi) is 7.25. The van der Waals surface area contributed by atoms with Gasteiger partial charge in [-0.15, -0.1) is 0 Å². The zero-order chi connectivity index (χ0) is 23.3. The molecule has 3 aromatic rings. The van der Waals surface area contributed by atoms with Gasteiger partial charge in [-0.2, -0.15) is 0 Å². The third-order valence-corrected chi connectivity index (χ3v) is 5.75. The number of aryl methyl sites for hydroxylation is 2. The number of carbonyl (C=O) groups excluding carboxylic acids is 2. The molecule has 0 saturated heterocycles. The lowest BCUT2D eigenvalue weighted by molar-refractivity contribution is -0.124. The average Bonchev–Trinajstić information content (AvgIpc) is 2.82. The van der Waals surface area contributed by atoms with Crippen LogP contribution >= 0.6 is 0 Å². The minimum Gasteiger partial charge on any atom is -0.357 e. The van der Waals surface area contributed by atoms with Gasteiger partial charge in [0.15, 0.2) is 0 Å². The van der Waals surface area contributed by atoms with E-state index in [1.165, 1.54) is 10.8 Å². The molecule has 0 aliphatic heterocycles. The van der Waals surface area contributed by atoms with Crippen LogP contribution < -0.4 is 10.9 Å². The van der Waals surface area contributed by atoms with Gasteiger partial charge in [-0.05, 0) is 31.0 Å². The van der Waals surface area contributed by atoms with Crippen LogP contribution in [0, 0.1) is 6.92 Å². The van der Waals surface area contributed by atoms with Gasteiger partial charge in [0, 0.05) is 38.3 Å². The number of amides is 2. The van der Waals surface area contributed by atoms with Crippen LogP contribution in [0.4, 0.5) is 0 Å². The second kappa shape index (κ2) is 10.1. The minimum atomic E-state index is -0.694. The van der Waals surface area contributed by atoms with E-state index in [2.05, 4.69) is 5.32 Å². The first-order chi connectivity index (χ1) is 15.3. The van der Waals surface area contributed by atoms with Crippen LogP contribution in [0.15, 0.2) is 77.7 Å². The van der Waals surface area contributed by atoms with Gasteiger partial charge >= 0.3 is 0 Å². The number of pyridine rings is 1. The van der Waals surface area contributed by atoms with Crippen molar-refractivity contribution in [3.8, 4) is 0 Å². The number of carbonyl (C=O) groups is 2. The van der Waals surface area contributed by atoms with Crippen molar-refractivity contribution in [2.24, 2.45) is 7.05 Å². The number of hydrogen-bond acceptors (Lipinski definition) is 3. The molecule has 0 saturated carbocycles. The van der Waals surface area contributed by atoms with Gasteiger partial charge in [0.1, 0.15) is 6.04 Å². The van der Waals surface area contributed by atoms with Gasteiger partial charge in [-0.1, -0.05) is 60.7 Å². The maximum atomic E-state index is 13.7. The zero-order valence-corrected chi connectivity index (χ0v) is 18.9. The molecule has 1 N–H and O–H groups in total. The third-order valence-electron chi connectivity index (χ3n) is 5.75. The molecule has 166 valence electrons. The molecule has 3 rings (SSSR count). The summed E-state index contributed by atoms with van der Waals surface area (Å²) in [5, 5.41) is 2.65. The molecular weight excluding hydrogens is 402 g/mol. The highest BCUT2D eigenvalue weighted by Crippen LogP contribution is 2.27. The normalized spacial score (nSPS) is 11.8. The maximum absolute atomic E-state index is 13.7. The molecule has 0 aliphatic carbocycles.